The molecule has 1 saturated heterocycles. The predicted molar refractivity (Wildman–Crippen MR) is 107 cm³/mol. The highest BCUT2D eigenvalue weighted by atomic mass is 32.1. The Hall–Kier alpha value is -1.60. The van der Waals surface area contributed by atoms with Crippen LogP contribution in [-0.4, -0.2) is 38.0 Å². The molecule has 2 aromatic heterocycles. The molecule has 1 saturated carbocycles. The van der Waals surface area contributed by atoms with Crippen molar-refractivity contribution in [3.8, 4) is 0 Å². The zero-order valence-electron chi connectivity index (χ0n) is 16.5. The van der Waals surface area contributed by atoms with Crippen LogP contribution in [0.4, 0.5) is 0 Å². The first-order chi connectivity index (χ1) is 12.9. The van der Waals surface area contributed by atoms with Gasteiger partial charge in [0.1, 0.15) is 10.0 Å². The number of likely N-dealkylation sites (tertiary alicyclic amines) is 1. The van der Waals surface area contributed by atoms with Crippen molar-refractivity contribution < 1.29 is 0 Å². The van der Waals surface area contributed by atoms with Crippen molar-refractivity contribution in [1.29, 1.82) is 0 Å². The topological polar surface area (TPSA) is 63.9 Å². The van der Waals surface area contributed by atoms with Gasteiger partial charge in [-0.1, -0.05) is 32.1 Å². The molecular formula is C20H29N5OS. The Bertz CT molecular complexity index is 841. The molecule has 1 aliphatic heterocycles. The minimum absolute atomic E-state index is 0.00638. The van der Waals surface area contributed by atoms with E-state index in [0.717, 1.165) is 49.7 Å². The van der Waals surface area contributed by atoms with E-state index >= 15 is 0 Å². The lowest BCUT2D eigenvalue weighted by molar-refractivity contribution is 0.162. The van der Waals surface area contributed by atoms with Crippen molar-refractivity contribution >= 4 is 11.3 Å². The molecule has 3 heterocycles. The van der Waals surface area contributed by atoms with Gasteiger partial charge in [-0.3, -0.25) is 9.69 Å². The molecule has 0 atom stereocenters. The first-order valence-electron chi connectivity index (χ1n) is 10.0. The second-order valence-corrected chi connectivity index (χ2v) is 10.1. The molecule has 1 aliphatic carbocycles. The minimum atomic E-state index is -0.0418. The number of hydrogen-bond acceptors (Lipinski definition) is 6. The Labute approximate surface area is 164 Å². The van der Waals surface area contributed by atoms with E-state index in [9.17, 15) is 4.79 Å². The van der Waals surface area contributed by atoms with Gasteiger partial charge in [-0.2, -0.15) is 5.10 Å². The Morgan fingerprint density at radius 1 is 1.11 bits per heavy atom. The zero-order chi connectivity index (χ0) is 19.0. The number of aromatic nitrogens is 4. The maximum atomic E-state index is 12.2. The second kappa shape index (κ2) is 7.43. The van der Waals surface area contributed by atoms with Crippen LogP contribution in [0, 0.1) is 5.92 Å². The molecule has 0 bridgehead atoms. The largest absolute Gasteiger partial charge is 0.297 e. The van der Waals surface area contributed by atoms with Gasteiger partial charge in [0, 0.05) is 23.9 Å². The molecule has 0 radical (unpaired) electrons. The Morgan fingerprint density at radius 2 is 1.85 bits per heavy atom. The van der Waals surface area contributed by atoms with E-state index in [1.54, 1.807) is 22.1 Å². The van der Waals surface area contributed by atoms with E-state index in [0.29, 0.717) is 11.8 Å². The van der Waals surface area contributed by atoms with E-state index in [4.69, 9.17) is 0 Å². The van der Waals surface area contributed by atoms with Crippen LogP contribution in [0.1, 0.15) is 68.1 Å². The Kier molecular flexibility index (Phi) is 5.16. The fourth-order valence-corrected chi connectivity index (χ4v) is 4.62. The average Bonchev–Trinajstić information content (AvgIpc) is 3.37. The monoisotopic (exact) mass is 387 g/mol. The summed E-state index contributed by atoms with van der Waals surface area (Å²) in [5, 5.41) is 15.7. The molecule has 4 rings (SSSR count). The summed E-state index contributed by atoms with van der Waals surface area (Å²) < 4.78 is 1.67. The lowest BCUT2D eigenvalue weighted by Crippen LogP contribution is -2.37. The molecule has 6 nitrogen and oxygen atoms in total. The average molecular weight is 388 g/mol. The van der Waals surface area contributed by atoms with E-state index in [-0.39, 0.29) is 11.0 Å². The highest BCUT2D eigenvalue weighted by Gasteiger charge is 2.28. The van der Waals surface area contributed by atoms with Crippen LogP contribution in [0.5, 0.6) is 0 Å². The summed E-state index contributed by atoms with van der Waals surface area (Å²) in [6.45, 7) is 10.1. The SMILES string of the molecule is CC(C)(C)c1ccc(=O)n(CC2CCN(Cc3nnc(C4CC4)s3)CC2)n1. The summed E-state index contributed by atoms with van der Waals surface area (Å²) >= 11 is 1.79. The normalized spacial score (nSPS) is 19.5. The molecule has 0 aromatic carbocycles. The van der Waals surface area contributed by atoms with E-state index in [1.165, 1.54) is 17.8 Å². The van der Waals surface area contributed by atoms with Gasteiger partial charge in [0.15, 0.2) is 0 Å². The minimum Gasteiger partial charge on any atom is -0.297 e. The quantitative estimate of drug-likeness (QED) is 0.788. The molecule has 27 heavy (non-hydrogen) atoms. The highest BCUT2D eigenvalue weighted by Crippen LogP contribution is 2.41. The van der Waals surface area contributed by atoms with Crippen molar-refractivity contribution in [2.24, 2.45) is 5.92 Å². The fraction of sp³-hybridized carbons (Fsp3) is 0.700. The first-order valence-corrected chi connectivity index (χ1v) is 10.8. The maximum absolute atomic E-state index is 12.2. The van der Waals surface area contributed by atoms with Crippen LogP contribution >= 0.6 is 11.3 Å². The van der Waals surface area contributed by atoms with Crippen LogP contribution in [0.3, 0.4) is 0 Å². The number of piperidine rings is 1. The summed E-state index contributed by atoms with van der Waals surface area (Å²) in [6, 6.07) is 3.52. The van der Waals surface area contributed by atoms with Gasteiger partial charge in [-0.25, -0.2) is 4.68 Å². The lowest BCUT2D eigenvalue weighted by Gasteiger charge is -2.31. The van der Waals surface area contributed by atoms with Gasteiger partial charge in [-0.05, 0) is 50.8 Å². The van der Waals surface area contributed by atoms with Crippen molar-refractivity contribution in [2.75, 3.05) is 13.1 Å². The van der Waals surface area contributed by atoms with E-state index in [1.807, 2.05) is 6.07 Å². The van der Waals surface area contributed by atoms with Gasteiger partial charge < -0.3 is 0 Å². The summed E-state index contributed by atoms with van der Waals surface area (Å²) in [6.07, 6.45) is 4.76. The lowest BCUT2D eigenvalue weighted by atomic mass is 9.92. The number of hydrogen-bond donors (Lipinski definition) is 0. The zero-order valence-corrected chi connectivity index (χ0v) is 17.3. The molecule has 0 N–H and O–H groups in total. The van der Waals surface area contributed by atoms with Crippen molar-refractivity contribution in [3.63, 3.8) is 0 Å². The molecule has 0 unspecified atom stereocenters. The van der Waals surface area contributed by atoms with Crippen LogP contribution < -0.4 is 5.56 Å². The number of rotatable bonds is 5. The standard InChI is InChI=1S/C20H29N5OS/c1-20(2,3)16-6-7-18(26)25(23-16)12-14-8-10-24(11-9-14)13-17-21-22-19(27-17)15-4-5-15/h6-7,14-15H,4-5,8-13H2,1-3H3. The molecule has 0 amide bonds. The first kappa shape index (κ1) is 18.7. The van der Waals surface area contributed by atoms with Gasteiger partial charge in [0.05, 0.1) is 12.2 Å². The Morgan fingerprint density at radius 3 is 2.52 bits per heavy atom. The third kappa shape index (κ3) is 4.63. The molecule has 146 valence electrons. The number of nitrogens with zero attached hydrogens (tertiary/aromatic N) is 5. The van der Waals surface area contributed by atoms with Gasteiger partial charge in [0.2, 0.25) is 0 Å². The van der Waals surface area contributed by atoms with Crippen molar-refractivity contribution in [3.05, 3.63) is 38.2 Å². The van der Waals surface area contributed by atoms with Crippen LogP contribution in [-0.2, 0) is 18.5 Å². The molecular weight excluding hydrogens is 358 g/mol. The summed E-state index contributed by atoms with van der Waals surface area (Å²) in [7, 11) is 0. The van der Waals surface area contributed by atoms with E-state index < -0.39 is 0 Å². The molecule has 7 heteroatoms. The summed E-state index contributed by atoms with van der Waals surface area (Å²) in [5.74, 6) is 1.20. The van der Waals surface area contributed by atoms with Crippen molar-refractivity contribution in [2.45, 2.75) is 70.9 Å². The summed E-state index contributed by atoms with van der Waals surface area (Å²) in [4.78, 5) is 14.7. The van der Waals surface area contributed by atoms with Crippen LogP contribution in [0.2, 0.25) is 0 Å². The molecule has 2 aromatic rings. The highest BCUT2D eigenvalue weighted by molar-refractivity contribution is 7.11. The third-order valence-corrected chi connectivity index (χ3v) is 6.61. The molecule has 2 aliphatic rings. The fourth-order valence-electron chi connectivity index (χ4n) is 3.57. The van der Waals surface area contributed by atoms with Crippen LogP contribution in [0.25, 0.3) is 0 Å². The smallest absolute Gasteiger partial charge is 0.266 e. The van der Waals surface area contributed by atoms with Gasteiger partial charge in [-0.15, -0.1) is 10.2 Å². The van der Waals surface area contributed by atoms with Crippen LogP contribution in [0.15, 0.2) is 16.9 Å². The van der Waals surface area contributed by atoms with Gasteiger partial charge in [0.25, 0.3) is 5.56 Å². The molecule has 0 spiro atoms. The van der Waals surface area contributed by atoms with Gasteiger partial charge >= 0.3 is 0 Å². The Balaban J connectivity index is 1.32. The second-order valence-electron chi connectivity index (χ2n) is 9.02. The van der Waals surface area contributed by atoms with E-state index in [2.05, 4.69) is 41.0 Å². The predicted octanol–water partition coefficient (Wildman–Crippen LogP) is 3.18. The summed E-state index contributed by atoms with van der Waals surface area (Å²) in [5.41, 5.74) is 0.939. The molecule has 2 fully saturated rings. The third-order valence-electron chi connectivity index (χ3n) is 5.54. The van der Waals surface area contributed by atoms with Crippen molar-refractivity contribution in [1.82, 2.24) is 24.9 Å². The maximum Gasteiger partial charge on any atom is 0.266 e.